The van der Waals surface area contributed by atoms with Gasteiger partial charge < -0.3 is 5.73 Å². The number of aliphatic imine (C=N–C) groups is 1. The van der Waals surface area contributed by atoms with Crippen molar-refractivity contribution in [3.63, 3.8) is 0 Å². The Hall–Kier alpha value is -1.38. The summed E-state index contributed by atoms with van der Waals surface area (Å²) in [6, 6.07) is 6.47. The predicted molar refractivity (Wildman–Crippen MR) is 61.4 cm³/mol. The Balaban J connectivity index is 2.44. The first-order valence-corrected chi connectivity index (χ1v) is 5.14. The van der Waals surface area contributed by atoms with Gasteiger partial charge in [0.2, 0.25) is 0 Å². The first-order chi connectivity index (χ1) is 7.09. The Kier molecular flexibility index (Phi) is 4.28. The summed E-state index contributed by atoms with van der Waals surface area (Å²) in [4.78, 5) is 4.24. The highest BCUT2D eigenvalue weighted by atomic mass is 19.1. The van der Waals surface area contributed by atoms with E-state index in [2.05, 4.69) is 4.99 Å². The zero-order chi connectivity index (χ0) is 11.3. The van der Waals surface area contributed by atoms with Crippen LogP contribution >= 0.6 is 0 Å². The van der Waals surface area contributed by atoms with Crippen molar-refractivity contribution < 1.29 is 4.39 Å². The van der Waals surface area contributed by atoms with Crippen LogP contribution in [0.15, 0.2) is 29.3 Å². The molecule has 15 heavy (non-hydrogen) atoms. The molecule has 1 aromatic carbocycles. The second kappa shape index (κ2) is 5.49. The summed E-state index contributed by atoms with van der Waals surface area (Å²) in [5.41, 5.74) is 6.78. The van der Waals surface area contributed by atoms with Gasteiger partial charge in [-0.15, -0.1) is 0 Å². The first-order valence-electron chi connectivity index (χ1n) is 5.14. The molecule has 0 unspecified atom stereocenters. The van der Waals surface area contributed by atoms with Crippen molar-refractivity contribution in [1.82, 2.24) is 0 Å². The minimum Gasteiger partial charge on any atom is -0.387 e. The standard InChI is InChI=1S/C12H17FN2/c1-9(2)12(14)15-8-7-10-3-5-11(13)6-4-10/h3-6,9H,7-8H2,1-2H3,(H2,14,15). The van der Waals surface area contributed by atoms with Crippen molar-refractivity contribution in [3.8, 4) is 0 Å². The monoisotopic (exact) mass is 208 g/mol. The molecule has 2 nitrogen and oxygen atoms in total. The molecule has 0 radical (unpaired) electrons. The van der Waals surface area contributed by atoms with E-state index in [4.69, 9.17) is 5.73 Å². The molecular formula is C12H17FN2. The van der Waals surface area contributed by atoms with Crippen LogP contribution in [0.5, 0.6) is 0 Å². The summed E-state index contributed by atoms with van der Waals surface area (Å²) in [7, 11) is 0. The average Bonchev–Trinajstić information content (AvgIpc) is 2.20. The molecule has 0 aliphatic carbocycles. The van der Waals surface area contributed by atoms with E-state index >= 15 is 0 Å². The molecule has 1 aromatic rings. The van der Waals surface area contributed by atoms with Crippen LogP contribution in [0.4, 0.5) is 4.39 Å². The molecule has 0 atom stereocenters. The molecule has 2 N–H and O–H groups in total. The fourth-order valence-electron chi connectivity index (χ4n) is 1.15. The number of amidine groups is 1. The van der Waals surface area contributed by atoms with Crippen molar-refractivity contribution in [2.24, 2.45) is 16.6 Å². The van der Waals surface area contributed by atoms with E-state index in [9.17, 15) is 4.39 Å². The quantitative estimate of drug-likeness (QED) is 0.598. The topological polar surface area (TPSA) is 38.4 Å². The minimum atomic E-state index is -0.205. The zero-order valence-corrected chi connectivity index (χ0v) is 9.20. The number of nitrogens with two attached hydrogens (primary N) is 1. The SMILES string of the molecule is CC(C)C(N)=NCCc1ccc(F)cc1. The van der Waals surface area contributed by atoms with Gasteiger partial charge in [0.25, 0.3) is 0 Å². The molecule has 0 aromatic heterocycles. The van der Waals surface area contributed by atoms with Crippen molar-refractivity contribution in [2.75, 3.05) is 6.54 Å². The molecule has 82 valence electrons. The Bertz CT molecular complexity index is 328. The van der Waals surface area contributed by atoms with Gasteiger partial charge >= 0.3 is 0 Å². The fourth-order valence-corrected chi connectivity index (χ4v) is 1.15. The molecule has 0 fully saturated rings. The van der Waals surface area contributed by atoms with Gasteiger partial charge in [-0.1, -0.05) is 26.0 Å². The maximum Gasteiger partial charge on any atom is 0.123 e. The van der Waals surface area contributed by atoms with Crippen molar-refractivity contribution in [1.29, 1.82) is 0 Å². The van der Waals surface area contributed by atoms with Crippen LogP contribution in [0.2, 0.25) is 0 Å². The van der Waals surface area contributed by atoms with Gasteiger partial charge in [0.15, 0.2) is 0 Å². The Morgan fingerprint density at radius 1 is 1.33 bits per heavy atom. The second-order valence-electron chi connectivity index (χ2n) is 3.84. The summed E-state index contributed by atoms with van der Waals surface area (Å²) in [6.07, 6.45) is 0.799. The van der Waals surface area contributed by atoms with Crippen molar-refractivity contribution in [3.05, 3.63) is 35.6 Å². The third kappa shape index (κ3) is 4.11. The number of hydrogen-bond donors (Lipinski definition) is 1. The maximum atomic E-state index is 12.6. The molecule has 3 heteroatoms. The highest BCUT2D eigenvalue weighted by Crippen LogP contribution is 2.03. The highest BCUT2D eigenvalue weighted by Gasteiger charge is 1.98. The Labute approximate surface area is 90.0 Å². The molecule has 1 rings (SSSR count). The van der Waals surface area contributed by atoms with Gasteiger partial charge in [-0.25, -0.2) is 4.39 Å². The minimum absolute atomic E-state index is 0.205. The molecule has 0 heterocycles. The van der Waals surface area contributed by atoms with Gasteiger partial charge in [0.05, 0.1) is 5.84 Å². The van der Waals surface area contributed by atoms with Crippen LogP contribution < -0.4 is 5.73 Å². The van der Waals surface area contributed by atoms with Crippen LogP contribution in [0.3, 0.4) is 0 Å². The van der Waals surface area contributed by atoms with E-state index in [1.807, 2.05) is 13.8 Å². The molecule has 0 aliphatic rings. The van der Waals surface area contributed by atoms with E-state index in [0.29, 0.717) is 18.3 Å². The summed E-state index contributed by atoms with van der Waals surface area (Å²) in [6.45, 7) is 4.68. The maximum absolute atomic E-state index is 12.6. The van der Waals surface area contributed by atoms with Crippen LogP contribution in [-0.4, -0.2) is 12.4 Å². The number of rotatable bonds is 4. The number of benzene rings is 1. The molecule has 0 bridgehead atoms. The van der Waals surface area contributed by atoms with Gasteiger partial charge in [-0.05, 0) is 24.1 Å². The summed E-state index contributed by atoms with van der Waals surface area (Å²) < 4.78 is 12.6. The van der Waals surface area contributed by atoms with E-state index < -0.39 is 0 Å². The third-order valence-electron chi connectivity index (χ3n) is 2.20. The molecular weight excluding hydrogens is 191 g/mol. The first kappa shape index (κ1) is 11.7. The molecule has 0 aliphatic heterocycles. The largest absolute Gasteiger partial charge is 0.387 e. The van der Waals surface area contributed by atoms with Gasteiger partial charge in [-0.3, -0.25) is 4.99 Å². The van der Waals surface area contributed by atoms with Crippen LogP contribution in [0.1, 0.15) is 19.4 Å². The Morgan fingerprint density at radius 2 is 1.93 bits per heavy atom. The van der Waals surface area contributed by atoms with Crippen molar-refractivity contribution >= 4 is 5.84 Å². The molecule has 0 spiro atoms. The van der Waals surface area contributed by atoms with Crippen LogP contribution in [0, 0.1) is 11.7 Å². The van der Waals surface area contributed by atoms with E-state index in [1.54, 1.807) is 12.1 Å². The van der Waals surface area contributed by atoms with Crippen LogP contribution in [0.25, 0.3) is 0 Å². The van der Waals surface area contributed by atoms with Gasteiger partial charge in [-0.2, -0.15) is 0 Å². The summed E-state index contributed by atoms with van der Waals surface area (Å²) in [5, 5.41) is 0. The predicted octanol–water partition coefficient (Wildman–Crippen LogP) is 2.38. The van der Waals surface area contributed by atoms with Gasteiger partial charge in [0, 0.05) is 12.5 Å². The smallest absolute Gasteiger partial charge is 0.123 e. The normalized spacial score (nSPS) is 12.1. The van der Waals surface area contributed by atoms with Crippen molar-refractivity contribution in [2.45, 2.75) is 20.3 Å². The fraction of sp³-hybridized carbons (Fsp3) is 0.417. The lowest BCUT2D eigenvalue weighted by molar-refractivity contribution is 0.627. The van der Waals surface area contributed by atoms with E-state index in [-0.39, 0.29) is 5.82 Å². The Morgan fingerprint density at radius 3 is 2.47 bits per heavy atom. The lowest BCUT2D eigenvalue weighted by Crippen LogP contribution is -2.19. The number of nitrogens with zero attached hydrogens (tertiary/aromatic N) is 1. The van der Waals surface area contributed by atoms with Gasteiger partial charge in [0.1, 0.15) is 5.82 Å². The highest BCUT2D eigenvalue weighted by molar-refractivity contribution is 5.82. The molecule has 0 saturated carbocycles. The number of halogens is 1. The second-order valence-corrected chi connectivity index (χ2v) is 3.84. The molecule has 0 saturated heterocycles. The van der Waals surface area contributed by atoms with E-state index in [1.165, 1.54) is 12.1 Å². The zero-order valence-electron chi connectivity index (χ0n) is 9.20. The average molecular weight is 208 g/mol. The number of hydrogen-bond acceptors (Lipinski definition) is 1. The van der Waals surface area contributed by atoms with Crippen LogP contribution in [-0.2, 0) is 6.42 Å². The molecule has 0 amide bonds. The van der Waals surface area contributed by atoms with E-state index in [0.717, 1.165) is 12.0 Å². The summed E-state index contributed by atoms with van der Waals surface area (Å²) in [5.74, 6) is 0.763. The lowest BCUT2D eigenvalue weighted by atomic mass is 10.1. The third-order valence-corrected chi connectivity index (χ3v) is 2.20. The summed E-state index contributed by atoms with van der Waals surface area (Å²) >= 11 is 0. The lowest BCUT2D eigenvalue weighted by Gasteiger charge is -2.03.